The number of carbonyl (C=O) groups excluding carboxylic acids is 1. The van der Waals surface area contributed by atoms with Gasteiger partial charge in [0.1, 0.15) is 12.4 Å². The molecular formula is C23H22N2O4S. The SMILES string of the molecule is C=CCOc1cccc(NC(=O)c2cccc(S(=O)(=O)N(C)c3ccccc3)c2)c1. The van der Waals surface area contributed by atoms with Gasteiger partial charge in [0.2, 0.25) is 0 Å². The smallest absolute Gasteiger partial charge is 0.264 e. The minimum Gasteiger partial charge on any atom is -0.489 e. The lowest BCUT2D eigenvalue weighted by Gasteiger charge is -2.19. The summed E-state index contributed by atoms with van der Waals surface area (Å²) in [4.78, 5) is 12.7. The van der Waals surface area contributed by atoms with Crippen LogP contribution < -0.4 is 14.4 Å². The third kappa shape index (κ3) is 4.87. The highest BCUT2D eigenvalue weighted by atomic mass is 32.2. The van der Waals surface area contributed by atoms with Crippen LogP contribution >= 0.6 is 0 Å². The molecule has 1 N–H and O–H groups in total. The molecular weight excluding hydrogens is 400 g/mol. The molecule has 0 aliphatic heterocycles. The average Bonchev–Trinajstić information content (AvgIpc) is 2.78. The molecule has 30 heavy (non-hydrogen) atoms. The molecule has 0 bridgehead atoms. The maximum atomic E-state index is 13.0. The Balaban J connectivity index is 1.81. The van der Waals surface area contributed by atoms with Gasteiger partial charge >= 0.3 is 0 Å². The predicted molar refractivity (Wildman–Crippen MR) is 119 cm³/mol. The molecule has 0 aliphatic carbocycles. The number of para-hydroxylation sites is 1. The Hall–Kier alpha value is -3.58. The van der Waals surface area contributed by atoms with Crippen LogP contribution in [0.25, 0.3) is 0 Å². The fraction of sp³-hybridized carbons (Fsp3) is 0.0870. The number of sulfonamides is 1. The van der Waals surface area contributed by atoms with Crippen LogP contribution in [-0.2, 0) is 10.0 Å². The van der Waals surface area contributed by atoms with E-state index < -0.39 is 15.9 Å². The Kier molecular flexibility index (Phi) is 6.54. The first-order valence-corrected chi connectivity index (χ1v) is 10.6. The van der Waals surface area contributed by atoms with Gasteiger partial charge in [0.05, 0.1) is 10.6 Å². The Bertz CT molecular complexity index is 1140. The maximum absolute atomic E-state index is 13.0. The standard InChI is InChI=1S/C23H22N2O4S/c1-3-15-29-21-13-8-10-19(17-21)24-23(26)18-9-7-14-22(16-18)30(27,28)25(2)20-11-5-4-6-12-20/h3-14,16-17H,1,15H2,2H3,(H,24,26). The number of hydrogen-bond donors (Lipinski definition) is 1. The van der Waals surface area contributed by atoms with Crippen molar-refractivity contribution in [3.63, 3.8) is 0 Å². The van der Waals surface area contributed by atoms with E-state index in [0.29, 0.717) is 23.7 Å². The molecule has 1 amide bonds. The molecule has 6 nitrogen and oxygen atoms in total. The predicted octanol–water partition coefficient (Wildman–Crippen LogP) is 4.33. The summed E-state index contributed by atoms with van der Waals surface area (Å²) in [6, 6.07) is 21.6. The van der Waals surface area contributed by atoms with Gasteiger partial charge in [0, 0.05) is 24.4 Å². The molecule has 0 aliphatic rings. The van der Waals surface area contributed by atoms with Gasteiger partial charge in [-0.1, -0.05) is 43.0 Å². The van der Waals surface area contributed by atoms with Gasteiger partial charge in [0.25, 0.3) is 15.9 Å². The second kappa shape index (κ2) is 9.28. The highest BCUT2D eigenvalue weighted by Crippen LogP contribution is 2.23. The zero-order chi connectivity index (χ0) is 21.6. The van der Waals surface area contributed by atoms with Crippen molar-refractivity contribution in [2.24, 2.45) is 0 Å². The van der Waals surface area contributed by atoms with Crippen molar-refractivity contribution in [3.05, 3.63) is 97.1 Å². The van der Waals surface area contributed by atoms with Crippen LogP contribution in [0.3, 0.4) is 0 Å². The van der Waals surface area contributed by atoms with Crippen LogP contribution in [0.15, 0.2) is 96.4 Å². The molecule has 0 heterocycles. The summed E-state index contributed by atoms with van der Waals surface area (Å²) in [5.74, 6) is 0.170. The van der Waals surface area contributed by atoms with Gasteiger partial charge in [-0.05, 0) is 42.5 Å². The minimum atomic E-state index is -3.81. The van der Waals surface area contributed by atoms with E-state index in [-0.39, 0.29) is 10.5 Å². The normalized spacial score (nSPS) is 10.8. The number of amides is 1. The molecule has 0 saturated heterocycles. The second-order valence-electron chi connectivity index (χ2n) is 6.42. The maximum Gasteiger partial charge on any atom is 0.264 e. The molecule has 154 valence electrons. The second-order valence-corrected chi connectivity index (χ2v) is 8.39. The lowest BCUT2D eigenvalue weighted by atomic mass is 10.2. The Morgan fingerprint density at radius 3 is 2.50 bits per heavy atom. The highest BCUT2D eigenvalue weighted by Gasteiger charge is 2.22. The molecule has 3 aromatic carbocycles. The lowest BCUT2D eigenvalue weighted by Crippen LogP contribution is -2.26. The number of hydrogen-bond acceptors (Lipinski definition) is 4. The van der Waals surface area contributed by atoms with E-state index in [4.69, 9.17) is 4.74 Å². The van der Waals surface area contributed by atoms with Crippen LogP contribution in [0.2, 0.25) is 0 Å². The van der Waals surface area contributed by atoms with E-state index in [2.05, 4.69) is 11.9 Å². The highest BCUT2D eigenvalue weighted by molar-refractivity contribution is 7.92. The number of anilines is 2. The summed E-state index contributed by atoms with van der Waals surface area (Å²) in [6.07, 6.45) is 1.63. The van der Waals surface area contributed by atoms with Crippen LogP contribution in [-0.4, -0.2) is 28.0 Å². The largest absolute Gasteiger partial charge is 0.489 e. The monoisotopic (exact) mass is 422 g/mol. The summed E-state index contributed by atoms with van der Waals surface area (Å²) >= 11 is 0. The van der Waals surface area contributed by atoms with Gasteiger partial charge in [-0.2, -0.15) is 0 Å². The van der Waals surface area contributed by atoms with Gasteiger partial charge in [0.15, 0.2) is 0 Å². The molecule has 0 fully saturated rings. The summed E-state index contributed by atoms with van der Waals surface area (Å²) in [6.45, 7) is 3.95. The molecule has 0 unspecified atom stereocenters. The first-order valence-electron chi connectivity index (χ1n) is 9.21. The fourth-order valence-corrected chi connectivity index (χ4v) is 4.00. The van der Waals surface area contributed by atoms with Crippen LogP contribution in [0.1, 0.15) is 10.4 Å². The van der Waals surface area contributed by atoms with Crippen molar-refractivity contribution < 1.29 is 17.9 Å². The summed E-state index contributed by atoms with van der Waals surface area (Å²) in [5.41, 5.74) is 1.30. The van der Waals surface area contributed by atoms with Crippen molar-refractivity contribution in [1.82, 2.24) is 0 Å². The summed E-state index contributed by atoms with van der Waals surface area (Å²) in [7, 11) is -2.34. The van der Waals surface area contributed by atoms with Gasteiger partial charge in [-0.3, -0.25) is 9.10 Å². The van der Waals surface area contributed by atoms with E-state index >= 15 is 0 Å². The van der Waals surface area contributed by atoms with Gasteiger partial charge in [-0.25, -0.2) is 8.42 Å². The van der Waals surface area contributed by atoms with E-state index in [0.717, 1.165) is 0 Å². The molecule has 3 aromatic rings. The quantitative estimate of drug-likeness (QED) is 0.548. The van der Waals surface area contributed by atoms with Crippen molar-refractivity contribution >= 4 is 27.3 Å². The molecule has 3 rings (SSSR count). The van der Waals surface area contributed by atoms with Crippen molar-refractivity contribution in [3.8, 4) is 5.75 Å². The Morgan fingerprint density at radius 1 is 1.03 bits per heavy atom. The topological polar surface area (TPSA) is 75.7 Å². The van der Waals surface area contributed by atoms with Crippen LogP contribution in [0, 0.1) is 0 Å². The molecule has 0 saturated carbocycles. The minimum absolute atomic E-state index is 0.0320. The number of ether oxygens (including phenoxy) is 1. The first-order chi connectivity index (χ1) is 14.4. The van der Waals surface area contributed by atoms with E-state index in [9.17, 15) is 13.2 Å². The van der Waals surface area contributed by atoms with E-state index in [1.165, 1.54) is 23.5 Å². The molecule has 7 heteroatoms. The first kappa shape index (κ1) is 21.1. The van der Waals surface area contributed by atoms with Gasteiger partial charge in [-0.15, -0.1) is 0 Å². The van der Waals surface area contributed by atoms with Crippen molar-refractivity contribution in [1.29, 1.82) is 0 Å². The third-order valence-electron chi connectivity index (χ3n) is 4.33. The van der Waals surface area contributed by atoms with Crippen molar-refractivity contribution in [2.75, 3.05) is 23.3 Å². The number of nitrogens with zero attached hydrogens (tertiary/aromatic N) is 1. The summed E-state index contributed by atoms with van der Waals surface area (Å²) in [5, 5.41) is 2.76. The third-order valence-corrected chi connectivity index (χ3v) is 6.12. The molecule has 0 spiro atoms. The lowest BCUT2D eigenvalue weighted by molar-refractivity contribution is 0.102. The summed E-state index contributed by atoms with van der Waals surface area (Å²) < 4.78 is 32.6. The zero-order valence-electron chi connectivity index (χ0n) is 16.5. The zero-order valence-corrected chi connectivity index (χ0v) is 17.3. The number of benzene rings is 3. The van der Waals surface area contributed by atoms with Gasteiger partial charge < -0.3 is 10.1 Å². The molecule has 0 aromatic heterocycles. The Labute approximate surface area is 176 Å². The van der Waals surface area contributed by atoms with E-state index in [1.807, 2.05) is 6.07 Å². The molecule has 0 atom stereocenters. The molecule has 0 radical (unpaired) electrons. The van der Waals surface area contributed by atoms with Crippen LogP contribution in [0.4, 0.5) is 11.4 Å². The Morgan fingerprint density at radius 2 is 1.77 bits per heavy atom. The van der Waals surface area contributed by atoms with Crippen LogP contribution in [0.5, 0.6) is 5.75 Å². The number of carbonyl (C=O) groups is 1. The fourth-order valence-electron chi connectivity index (χ4n) is 2.75. The van der Waals surface area contributed by atoms with Crippen molar-refractivity contribution in [2.45, 2.75) is 4.90 Å². The average molecular weight is 423 g/mol. The number of rotatable bonds is 8. The van der Waals surface area contributed by atoms with E-state index in [1.54, 1.807) is 66.7 Å². The number of nitrogens with one attached hydrogen (secondary N) is 1.